The van der Waals surface area contributed by atoms with Gasteiger partial charge in [0.05, 0.1) is 6.54 Å². The van der Waals surface area contributed by atoms with Gasteiger partial charge in [-0.2, -0.15) is 4.98 Å². The molecule has 1 heterocycles. The Morgan fingerprint density at radius 1 is 1.24 bits per heavy atom. The first kappa shape index (κ1) is 16.0. The van der Waals surface area contributed by atoms with E-state index in [1.165, 1.54) is 5.56 Å². The van der Waals surface area contributed by atoms with Crippen LogP contribution in [0.25, 0.3) is 0 Å². The van der Waals surface area contributed by atoms with Crippen molar-refractivity contribution in [3.05, 3.63) is 46.6 Å². The molecule has 0 radical (unpaired) electrons. The highest BCUT2D eigenvalue weighted by Gasteiger charge is 2.10. The van der Waals surface area contributed by atoms with E-state index in [1.807, 2.05) is 12.1 Å². The van der Waals surface area contributed by atoms with Gasteiger partial charge >= 0.3 is 0 Å². The summed E-state index contributed by atoms with van der Waals surface area (Å²) in [7, 11) is 2.06. The summed E-state index contributed by atoms with van der Waals surface area (Å²) in [6.45, 7) is 5.93. The Morgan fingerprint density at radius 3 is 2.62 bits per heavy atom. The maximum absolute atomic E-state index is 5.88. The minimum Gasteiger partial charge on any atom is -0.339 e. The number of likely N-dealkylation sites (N-methyl/N-ethyl adjacent to an activating group) is 1. The van der Waals surface area contributed by atoms with E-state index in [2.05, 4.69) is 48.1 Å². The highest BCUT2D eigenvalue weighted by atomic mass is 35.5. The summed E-state index contributed by atoms with van der Waals surface area (Å²) in [4.78, 5) is 6.61. The van der Waals surface area contributed by atoms with Gasteiger partial charge in [0.2, 0.25) is 5.89 Å². The van der Waals surface area contributed by atoms with Gasteiger partial charge in [-0.05, 0) is 37.1 Å². The van der Waals surface area contributed by atoms with Crippen LogP contribution < -0.4 is 0 Å². The first-order valence-electron chi connectivity index (χ1n) is 7.27. The van der Waals surface area contributed by atoms with Crippen molar-refractivity contribution in [3.8, 4) is 0 Å². The van der Waals surface area contributed by atoms with Crippen LogP contribution in [0.4, 0.5) is 0 Å². The fourth-order valence-corrected chi connectivity index (χ4v) is 2.20. The maximum Gasteiger partial charge on any atom is 0.226 e. The van der Waals surface area contributed by atoms with Crippen LogP contribution in [0.2, 0.25) is 5.02 Å². The number of hydrogen-bond donors (Lipinski definition) is 0. The van der Waals surface area contributed by atoms with E-state index >= 15 is 0 Å². The van der Waals surface area contributed by atoms with Gasteiger partial charge in [0.1, 0.15) is 0 Å². The minimum atomic E-state index is 0.529. The number of rotatable bonds is 7. The summed E-state index contributed by atoms with van der Waals surface area (Å²) >= 11 is 5.88. The topological polar surface area (TPSA) is 42.2 Å². The van der Waals surface area contributed by atoms with Gasteiger partial charge in [0.15, 0.2) is 5.82 Å². The number of halogens is 1. The van der Waals surface area contributed by atoms with Gasteiger partial charge in [-0.3, -0.25) is 4.90 Å². The van der Waals surface area contributed by atoms with Crippen molar-refractivity contribution < 1.29 is 4.52 Å². The van der Waals surface area contributed by atoms with Crippen LogP contribution >= 0.6 is 11.6 Å². The van der Waals surface area contributed by atoms with Gasteiger partial charge < -0.3 is 4.52 Å². The SMILES string of the molecule is CC(C)Cc1nc(CN(C)CCc2ccc(Cl)cc2)no1. The normalized spacial score (nSPS) is 11.5. The third-order valence-corrected chi connectivity index (χ3v) is 3.45. The fraction of sp³-hybridized carbons (Fsp3) is 0.500. The van der Waals surface area contributed by atoms with Gasteiger partial charge in [0.25, 0.3) is 0 Å². The predicted octanol–water partition coefficient (Wildman–Crippen LogP) is 3.60. The standard InChI is InChI=1S/C16H22ClN3O/c1-12(2)10-16-18-15(19-21-16)11-20(3)9-8-13-4-6-14(17)7-5-13/h4-7,12H,8-11H2,1-3H3. The highest BCUT2D eigenvalue weighted by molar-refractivity contribution is 6.30. The third kappa shape index (κ3) is 5.48. The molecule has 1 aromatic heterocycles. The first-order chi connectivity index (χ1) is 10.0. The Hall–Kier alpha value is -1.39. The van der Waals surface area contributed by atoms with E-state index in [0.717, 1.165) is 36.1 Å². The van der Waals surface area contributed by atoms with Crippen LogP contribution in [0.3, 0.4) is 0 Å². The minimum absolute atomic E-state index is 0.529. The molecule has 0 unspecified atom stereocenters. The molecular formula is C16H22ClN3O. The van der Waals surface area contributed by atoms with Crippen molar-refractivity contribution in [1.82, 2.24) is 15.0 Å². The smallest absolute Gasteiger partial charge is 0.226 e. The van der Waals surface area contributed by atoms with Crippen LogP contribution in [-0.4, -0.2) is 28.6 Å². The number of benzene rings is 1. The summed E-state index contributed by atoms with van der Waals surface area (Å²) in [5.41, 5.74) is 1.28. The van der Waals surface area contributed by atoms with Crippen LogP contribution in [0, 0.1) is 5.92 Å². The largest absolute Gasteiger partial charge is 0.339 e. The van der Waals surface area contributed by atoms with Crippen LogP contribution in [0.1, 0.15) is 31.1 Å². The summed E-state index contributed by atoms with van der Waals surface area (Å²) in [6.07, 6.45) is 1.81. The molecular weight excluding hydrogens is 286 g/mol. The molecule has 0 N–H and O–H groups in total. The molecule has 0 aliphatic carbocycles. The molecule has 0 amide bonds. The van der Waals surface area contributed by atoms with Crippen molar-refractivity contribution in [2.75, 3.05) is 13.6 Å². The summed E-state index contributed by atoms with van der Waals surface area (Å²) in [5.74, 6) is 2.01. The molecule has 21 heavy (non-hydrogen) atoms. The van der Waals surface area contributed by atoms with Gasteiger partial charge in [-0.1, -0.05) is 42.7 Å². The Bertz CT molecular complexity index is 551. The molecule has 114 valence electrons. The summed E-state index contributed by atoms with van der Waals surface area (Å²) in [6, 6.07) is 7.97. The fourth-order valence-electron chi connectivity index (χ4n) is 2.08. The molecule has 2 rings (SSSR count). The monoisotopic (exact) mass is 307 g/mol. The van der Waals surface area contributed by atoms with E-state index in [4.69, 9.17) is 16.1 Å². The zero-order valence-electron chi connectivity index (χ0n) is 12.8. The lowest BCUT2D eigenvalue weighted by Crippen LogP contribution is -2.21. The second-order valence-corrected chi connectivity index (χ2v) is 6.25. The van der Waals surface area contributed by atoms with Crippen molar-refractivity contribution in [2.45, 2.75) is 33.2 Å². The van der Waals surface area contributed by atoms with Crippen LogP contribution in [0.5, 0.6) is 0 Å². The van der Waals surface area contributed by atoms with Crippen LogP contribution in [0.15, 0.2) is 28.8 Å². The van der Waals surface area contributed by atoms with Crippen molar-refractivity contribution >= 4 is 11.6 Å². The molecule has 0 aliphatic heterocycles. The maximum atomic E-state index is 5.88. The zero-order valence-corrected chi connectivity index (χ0v) is 13.6. The second-order valence-electron chi connectivity index (χ2n) is 5.82. The molecule has 0 aliphatic rings. The average Bonchev–Trinajstić information content (AvgIpc) is 2.84. The Labute approximate surface area is 131 Å². The third-order valence-electron chi connectivity index (χ3n) is 3.20. The Balaban J connectivity index is 1.80. The van der Waals surface area contributed by atoms with E-state index in [0.29, 0.717) is 12.5 Å². The van der Waals surface area contributed by atoms with Crippen molar-refractivity contribution in [1.29, 1.82) is 0 Å². The molecule has 0 fully saturated rings. The molecule has 5 heteroatoms. The number of nitrogens with zero attached hydrogens (tertiary/aromatic N) is 3. The Morgan fingerprint density at radius 2 is 1.95 bits per heavy atom. The van der Waals surface area contributed by atoms with E-state index in [-0.39, 0.29) is 0 Å². The lowest BCUT2D eigenvalue weighted by atomic mass is 10.1. The van der Waals surface area contributed by atoms with E-state index in [9.17, 15) is 0 Å². The molecule has 0 bridgehead atoms. The Kier molecular flexibility index (Phi) is 5.76. The number of hydrogen-bond acceptors (Lipinski definition) is 4. The molecule has 2 aromatic rings. The molecule has 0 saturated heterocycles. The molecule has 0 atom stereocenters. The highest BCUT2D eigenvalue weighted by Crippen LogP contribution is 2.11. The quantitative estimate of drug-likeness (QED) is 0.784. The average molecular weight is 308 g/mol. The van der Waals surface area contributed by atoms with Gasteiger partial charge in [0, 0.05) is 18.0 Å². The molecule has 1 aromatic carbocycles. The molecule has 4 nitrogen and oxygen atoms in total. The second kappa shape index (κ2) is 7.57. The van der Waals surface area contributed by atoms with Gasteiger partial charge in [-0.15, -0.1) is 0 Å². The molecule has 0 saturated carbocycles. The van der Waals surface area contributed by atoms with Gasteiger partial charge in [-0.25, -0.2) is 0 Å². The van der Waals surface area contributed by atoms with Crippen LogP contribution in [-0.2, 0) is 19.4 Å². The zero-order chi connectivity index (χ0) is 15.2. The number of aromatic nitrogens is 2. The van der Waals surface area contributed by atoms with Crippen molar-refractivity contribution in [2.24, 2.45) is 5.92 Å². The van der Waals surface area contributed by atoms with E-state index in [1.54, 1.807) is 0 Å². The molecule has 0 spiro atoms. The first-order valence-corrected chi connectivity index (χ1v) is 7.65. The summed E-state index contributed by atoms with van der Waals surface area (Å²) in [5, 5.41) is 4.81. The summed E-state index contributed by atoms with van der Waals surface area (Å²) < 4.78 is 5.25. The predicted molar refractivity (Wildman–Crippen MR) is 84.3 cm³/mol. The van der Waals surface area contributed by atoms with Crippen molar-refractivity contribution in [3.63, 3.8) is 0 Å². The van der Waals surface area contributed by atoms with E-state index < -0.39 is 0 Å². The lowest BCUT2D eigenvalue weighted by Gasteiger charge is -2.14. The lowest BCUT2D eigenvalue weighted by molar-refractivity contribution is 0.308.